The molecule has 2 atom stereocenters. The molecule has 1 saturated heterocycles. The van der Waals surface area contributed by atoms with Gasteiger partial charge in [-0.15, -0.1) is 0 Å². The number of alkyl halides is 1. The van der Waals surface area contributed by atoms with Crippen LogP contribution in [0.5, 0.6) is 0 Å². The van der Waals surface area contributed by atoms with Crippen molar-refractivity contribution in [3.8, 4) is 0 Å². The van der Waals surface area contributed by atoms with E-state index in [1.54, 1.807) is 0 Å². The normalized spacial score (nSPS) is 25.5. The molecule has 0 radical (unpaired) electrons. The Kier molecular flexibility index (Phi) is 4.73. The molecule has 0 spiro atoms. The van der Waals surface area contributed by atoms with Gasteiger partial charge >= 0.3 is 0 Å². The Bertz CT molecular complexity index is 410. The topological polar surface area (TPSA) is 6.48 Å². The highest BCUT2D eigenvalue weighted by Crippen LogP contribution is 2.28. The summed E-state index contributed by atoms with van der Waals surface area (Å²) in [7, 11) is 2.22. The second kappa shape index (κ2) is 5.93. The SMILES string of the molecule is CC1CN(c2ccc(CBr)c(Br)c2)CC(C)N1C. The minimum Gasteiger partial charge on any atom is -0.368 e. The van der Waals surface area contributed by atoms with Crippen molar-refractivity contribution in [1.82, 2.24) is 4.90 Å². The van der Waals surface area contributed by atoms with Gasteiger partial charge in [-0.25, -0.2) is 0 Å². The molecule has 0 saturated carbocycles. The van der Waals surface area contributed by atoms with Crippen LogP contribution in [0, 0.1) is 0 Å². The van der Waals surface area contributed by atoms with Gasteiger partial charge in [0.25, 0.3) is 0 Å². The van der Waals surface area contributed by atoms with Crippen molar-refractivity contribution in [3.63, 3.8) is 0 Å². The fraction of sp³-hybridized carbons (Fsp3) is 0.571. The van der Waals surface area contributed by atoms with Crippen molar-refractivity contribution in [1.29, 1.82) is 0 Å². The third-order valence-corrected chi connectivity index (χ3v) is 5.25. The largest absolute Gasteiger partial charge is 0.368 e. The lowest BCUT2D eigenvalue weighted by atomic mass is 10.1. The van der Waals surface area contributed by atoms with E-state index < -0.39 is 0 Å². The van der Waals surface area contributed by atoms with Gasteiger partial charge in [-0.05, 0) is 38.6 Å². The summed E-state index contributed by atoms with van der Waals surface area (Å²) in [4.78, 5) is 4.94. The van der Waals surface area contributed by atoms with Crippen LogP contribution in [-0.2, 0) is 5.33 Å². The van der Waals surface area contributed by atoms with Crippen LogP contribution in [0.25, 0.3) is 0 Å². The molecule has 2 rings (SSSR count). The average Bonchev–Trinajstić information content (AvgIpc) is 2.35. The Morgan fingerprint density at radius 2 is 1.83 bits per heavy atom. The van der Waals surface area contributed by atoms with Crippen molar-refractivity contribution < 1.29 is 0 Å². The molecular weight excluding hydrogens is 356 g/mol. The van der Waals surface area contributed by atoms with Crippen molar-refractivity contribution in [2.24, 2.45) is 0 Å². The zero-order chi connectivity index (χ0) is 13.3. The first-order valence-corrected chi connectivity index (χ1v) is 8.25. The summed E-state index contributed by atoms with van der Waals surface area (Å²) in [6.07, 6.45) is 0. The van der Waals surface area contributed by atoms with Crippen molar-refractivity contribution in [2.45, 2.75) is 31.3 Å². The maximum Gasteiger partial charge on any atom is 0.0378 e. The number of hydrogen-bond donors (Lipinski definition) is 0. The predicted molar refractivity (Wildman–Crippen MR) is 85.7 cm³/mol. The lowest BCUT2D eigenvalue weighted by molar-refractivity contribution is 0.170. The van der Waals surface area contributed by atoms with E-state index in [4.69, 9.17) is 0 Å². The molecule has 1 aliphatic rings. The minimum atomic E-state index is 0.600. The molecule has 0 amide bonds. The van der Waals surface area contributed by atoms with E-state index >= 15 is 0 Å². The molecule has 100 valence electrons. The second-order valence-corrected chi connectivity index (χ2v) is 6.59. The number of piperazine rings is 1. The second-order valence-electron chi connectivity index (χ2n) is 5.18. The average molecular weight is 376 g/mol. The number of hydrogen-bond acceptors (Lipinski definition) is 2. The van der Waals surface area contributed by atoms with Crippen LogP contribution in [0.1, 0.15) is 19.4 Å². The van der Waals surface area contributed by atoms with Gasteiger partial charge in [0.15, 0.2) is 0 Å². The Morgan fingerprint density at radius 3 is 2.33 bits per heavy atom. The van der Waals surface area contributed by atoms with Crippen LogP contribution >= 0.6 is 31.9 Å². The number of rotatable bonds is 2. The third kappa shape index (κ3) is 2.91. The van der Waals surface area contributed by atoms with E-state index in [9.17, 15) is 0 Å². The molecule has 1 fully saturated rings. The van der Waals surface area contributed by atoms with Gasteiger partial charge in [-0.1, -0.05) is 37.9 Å². The first-order valence-electron chi connectivity index (χ1n) is 6.34. The van der Waals surface area contributed by atoms with Crippen LogP contribution in [0.4, 0.5) is 5.69 Å². The van der Waals surface area contributed by atoms with Crippen molar-refractivity contribution in [3.05, 3.63) is 28.2 Å². The summed E-state index contributed by atoms with van der Waals surface area (Å²) in [6.45, 7) is 6.79. The van der Waals surface area contributed by atoms with Gasteiger partial charge in [0.1, 0.15) is 0 Å². The van der Waals surface area contributed by atoms with Gasteiger partial charge in [0, 0.05) is 40.7 Å². The van der Waals surface area contributed by atoms with Gasteiger partial charge in [0.2, 0.25) is 0 Å². The van der Waals surface area contributed by atoms with Crippen molar-refractivity contribution >= 4 is 37.5 Å². The molecule has 0 aromatic heterocycles. The Labute approximate surface area is 127 Å². The molecule has 2 nitrogen and oxygen atoms in total. The van der Waals surface area contributed by atoms with Crippen LogP contribution < -0.4 is 4.90 Å². The fourth-order valence-corrected chi connectivity index (χ4v) is 3.83. The quantitative estimate of drug-likeness (QED) is 0.724. The number of halogens is 2. The monoisotopic (exact) mass is 374 g/mol. The molecular formula is C14H20Br2N2. The first kappa shape index (κ1) is 14.4. The van der Waals surface area contributed by atoms with E-state index in [0.717, 1.165) is 18.4 Å². The van der Waals surface area contributed by atoms with Crippen LogP contribution in [0.3, 0.4) is 0 Å². The van der Waals surface area contributed by atoms with Crippen LogP contribution in [0.2, 0.25) is 0 Å². The molecule has 1 aromatic carbocycles. The lowest BCUT2D eigenvalue weighted by Gasteiger charge is -2.43. The lowest BCUT2D eigenvalue weighted by Crippen LogP contribution is -2.55. The highest BCUT2D eigenvalue weighted by Gasteiger charge is 2.26. The van der Waals surface area contributed by atoms with Gasteiger partial charge in [0.05, 0.1) is 0 Å². The van der Waals surface area contributed by atoms with E-state index in [0.29, 0.717) is 12.1 Å². The summed E-state index contributed by atoms with van der Waals surface area (Å²) in [5, 5.41) is 0.892. The molecule has 2 unspecified atom stereocenters. The van der Waals surface area contributed by atoms with Gasteiger partial charge < -0.3 is 4.90 Å². The van der Waals surface area contributed by atoms with Crippen molar-refractivity contribution in [2.75, 3.05) is 25.0 Å². The zero-order valence-electron chi connectivity index (χ0n) is 11.2. The number of anilines is 1. The van der Waals surface area contributed by atoms with Gasteiger partial charge in [-0.3, -0.25) is 4.90 Å². The highest BCUT2D eigenvalue weighted by atomic mass is 79.9. The summed E-state index contributed by atoms with van der Waals surface area (Å²) in [5.74, 6) is 0. The van der Waals surface area contributed by atoms with Crippen LogP contribution in [0.15, 0.2) is 22.7 Å². The minimum absolute atomic E-state index is 0.600. The molecule has 0 aliphatic carbocycles. The summed E-state index contributed by atoms with van der Waals surface area (Å²) < 4.78 is 1.19. The Morgan fingerprint density at radius 1 is 1.22 bits per heavy atom. The molecule has 1 aliphatic heterocycles. The van der Waals surface area contributed by atoms with E-state index in [-0.39, 0.29) is 0 Å². The summed E-state index contributed by atoms with van der Waals surface area (Å²) in [5.41, 5.74) is 2.62. The summed E-state index contributed by atoms with van der Waals surface area (Å²) >= 11 is 7.15. The number of nitrogens with zero attached hydrogens (tertiary/aromatic N) is 2. The molecule has 18 heavy (non-hydrogen) atoms. The fourth-order valence-electron chi connectivity index (χ4n) is 2.46. The number of benzene rings is 1. The molecule has 1 heterocycles. The van der Waals surface area contributed by atoms with Gasteiger partial charge in [-0.2, -0.15) is 0 Å². The Hall–Kier alpha value is -0.0600. The highest BCUT2D eigenvalue weighted by molar-refractivity contribution is 9.10. The molecule has 1 aromatic rings. The first-order chi connectivity index (χ1) is 8.52. The smallest absolute Gasteiger partial charge is 0.0378 e. The predicted octanol–water partition coefficient (Wildman–Crippen LogP) is 3.87. The Balaban J connectivity index is 2.19. The zero-order valence-corrected chi connectivity index (χ0v) is 14.3. The molecule has 0 bridgehead atoms. The molecule has 0 N–H and O–H groups in total. The van der Waals surface area contributed by atoms with E-state index in [2.05, 4.69) is 80.8 Å². The maximum absolute atomic E-state index is 3.65. The van der Waals surface area contributed by atoms with E-state index in [1.807, 2.05) is 0 Å². The van der Waals surface area contributed by atoms with Crippen LogP contribution in [-0.4, -0.2) is 37.1 Å². The third-order valence-electron chi connectivity index (χ3n) is 3.91. The summed E-state index contributed by atoms with van der Waals surface area (Å²) in [6, 6.07) is 7.86. The molecule has 4 heteroatoms. The standard InChI is InChI=1S/C14H20Br2N2/c1-10-8-18(9-11(2)17(10)3)13-5-4-12(7-15)14(16)6-13/h4-6,10-11H,7-9H2,1-3H3. The van der Waals surface area contributed by atoms with E-state index in [1.165, 1.54) is 15.7 Å². The maximum atomic E-state index is 3.65. The number of likely N-dealkylation sites (N-methyl/N-ethyl adjacent to an activating group) is 1.